The molecule has 0 amide bonds. The summed E-state index contributed by atoms with van der Waals surface area (Å²) in [5.74, 6) is 1.14. The number of hydrogen-bond donors (Lipinski definition) is 2. The summed E-state index contributed by atoms with van der Waals surface area (Å²) >= 11 is 0. The third-order valence-electron chi connectivity index (χ3n) is 3.14. The van der Waals surface area contributed by atoms with Crippen LogP contribution in [-0.4, -0.2) is 16.8 Å². The van der Waals surface area contributed by atoms with Gasteiger partial charge in [-0.25, -0.2) is 0 Å². The fraction of sp³-hybridized carbons (Fsp3) is 0.538. The minimum absolute atomic E-state index is 0.0100. The van der Waals surface area contributed by atoms with Crippen LogP contribution in [0.1, 0.15) is 32.1 Å². The number of rotatable bonds is 3. The van der Waals surface area contributed by atoms with Crippen molar-refractivity contribution < 1.29 is 14.9 Å². The van der Waals surface area contributed by atoms with Gasteiger partial charge in [0.25, 0.3) is 0 Å². The predicted molar refractivity (Wildman–Crippen MR) is 61.8 cm³/mol. The summed E-state index contributed by atoms with van der Waals surface area (Å²) in [5, 5.41) is 18.7. The van der Waals surface area contributed by atoms with Crippen molar-refractivity contribution in [2.75, 3.05) is 6.61 Å². The van der Waals surface area contributed by atoms with E-state index in [9.17, 15) is 5.11 Å². The average Bonchev–Trinajstić information content (AvgIpc) is 2.29. The van der Waals surface area contributed by atoms with E-state index in [4.69, 9.17) is 9.84 Å². The molecule has 0 aliphatic heterocycles. The highest BCUT2D eigenvalue weighted by Crippen LogP contribution is 2.31. The summed E-state index contributed by atoms with van der Waals surface area (Å²) in [6.07, 6.45) is 6.35. The SMILES string of the molecule is Oc1ccc(OCC2CCCCC2)c(O)c1. The second kappa shape index (κ2) is 5.10. The van der Waals surface area contributed by atoms with Crippen LogP contribution in [0.15, 0.2) is 18.2 Å². The zero-order chi connectivity index (χ0) is 11.4. The Balaban J connectivity index is 1.88. The molecule has 88 valence electrons. The van der Waals surface area contributed by atoms with Gasteiger partial charge in [-0.1, -0.05) is 19.3 Å². The average molecular weight is 222 g/mol. The molecule has 0 saturated heterocycles. The third kappa shape index (κ3) is 2.81. The van der Waals surface area contributed by atoms with Crippen molar-refractivity contribution in [3.63, 3.8) is 0 Å². The molecular formula is C13H18O3. The van der Waals surface area contributed by atoms with Crippen LogP contribution >= 0.6 is 0 Å². The Morgan fingerprint density at radius 1 is 1.12 bits per heavy atom. The first-order chi connectivity index (χ1) is 7.75. The molecule has 2 rings (SSSR count). The molecule has 16 heavy (non-hydrogen) atoms. The zero-order valence-electron chi connectivity index (χ0n) is 9.35. The van der Waals surface area contributed by atoms with Gasteiger partial charge >= 0.3 is 0 Å². The zero-order valence-corrected chi connectivity index (χ0v) is 9.35. The lowest BCUT2D eigenvalue weighted by Gasteiger charge is -2.21. The normalized spacial score (nSPS) is 17.2. The number of phenols is 2. The van der Waals surface area contributed by atoms with Crippen molar-refractivity contribution in [2.45, 2.75) is 32.1 Å². The first kappa shape index (κ1) is 11.1. The van der Waals surface area contributed by atoms with E-state index < -0.39 is 0 Å². The van der Waals surface area contributed by atoms with E-state index in [1.54, 1.807) is 6.07 Å². The van der Waals surface area contributed by atoms with Gasteiger partial charge in [-0.3, -0.25) is 0 Å². The second-order valence-corrected chi connectivity index (χ2v) is 4.47. The Labute approximate surface area is 95.7 Å². The molecule has 0 radical (unpaired) electrons. The first-order valence-corrected chi connectivity index (χ1v) is 5.90. The van der Waals surface area contributed by atoms with Gasteiger partial charge in [0, 0.05) is 6.07 Å². The maximum atomic E-state index is 9.54. The molecule has 0 aromatic heterocycles. The molecule has 1 fully saturated rings. The van der Waals surface area contributed by atoms with Crippen LogP contribution in [0, 0.1) is 5.92 Å². The van der Waals surface area contributed by atoms with Crippen molar-refractivity contribution in [3.05, 3.63) is 18.2 Å². The Hall–Kier alpha value is -1.38. The molecule has 3 heteroatoms. The van der Waals surface area contributed by atoms with E-state index in [1.807, 2.05) is 0 Å². The van der Waals surface area contributed by atoms with E-state index >= 15 is 0 Å². The van der Waals surface area contributed by atoms with Gasteiger partial charge < -0.3 is 14.9 Å². The van der Waals surface area contributed by atoms with Gasteiger partial charge in [-0.15, -0.1) is 0 Å². The van der Waals surface area contributed by atoms with E-state index in [1.165, 1.54) is 44.2 Å². The van der Waals surface area contributed by atoms with E-state index in [-0.39, 0.29) is 11.5 Å². The largest absolute Gasteiger partial charge is 0.508 e. The molecule has 0 heterocycles. The molecule has 1 aromatic carbocycles. The number of phenolic OH excluding ortho intramolecular Hbond substituents is 2. The van der Waals surface area contributed by atoms with Crippen molar-refractivity contribution in [1.29, 1.82) is 0 Å². The number of benzene rings is 1. The van der Waals surface area contributed by atoms with Crippen molar-refractivity contribution in [3.8, 4) is 17.2 Å². The van der Waals surface area contributed by atoms with Crippen molar-refractivity contribution >= 4 is 0 Å². The van der Waals surface area contributed by atoms with E-state index in [0.29, 0.717) is 18.3 Å². The number of aromatic hydroxyl groups is 2. The summed E-state index contributed by atoms with van der Waals surface area (Å²) in [5.41, 5.74) is 0. The molecular weight excluding hydrogens is 204 g/mol. The molecule has 2 N–H and O–H groups in total. The van der Waals surface area contributed by atoms with Gasteiger partial charge in [0.05, 0.1) is 6.61 Å². The lowest BCUT2D eigenvalue weighted by atomic mass is 9.90. The minimum Gasteiger partial charge on any atom is -0.508 e. The predicted octanol–water partition coefficient (Wildman–Crippen LogP) is 3.06. The Morgan fingerprint density at radius 2 is 1.88 bits per heavy atom. The van der Waals surface area contributed by atoms with Crippen molar-refractivity contribution in [1.82, 2.24) is 0 Å². The van der Waals surface area contributed by atoms with Gasteiger partial charge in [-0.05, 0) is 30.9 Å². The van der Waals surface area contributed by atoms with Crippen LogP contribution in [0.5, 0.6) is 17.2 Å². The topological polar surface area (TPSA) is 49.7 Å². The molecule has 1 aliphatic carbocycles. The van der Waals surface area contributed by atoms with Crippen LogP contribution in [-0.2, 0) is 0 Å². The Morgan fingerprint density at radius 3 is 2.56 bits per heavy atom. The second-order valence-electron chi connectivity index (χ2n) is 4.47. The van der Waals surface area contributed by atoms with Gasteiger partial charge in [0.2, 0.25) is 0 Å². The lowest BCUT2D eigenvalue weighted by molar-refractivity contribution is 0.203. The summed E-state index contributed by atoms with van der Waals surface area (Å²) in [6, 6.07) is 4.43. The highest BCUT2D eigenvalue weighted by molar-refractivity contribution is 5.43. The van der Waals surface area contributed by atoms with Gasteiger partial charge in [0.1, 0.15) is 5.75 Å². The van der Waals surface area contributed by atoms with Crippen LogP contribution in [0.4, 0.5) is 0 Å². The molecule has 1 aromatic rings. The lowest BCUT2D eigenvalue weighted by Crippen LogP contribution is -2.15. The number of hydrogen-bond acceptors (Lipinski definition) is 3. The maximum absolute atomic E-state index is 9.54. The summed E-state index contributed by atoms with van der Waals surface area (Å²) < 4.78 is 5.57. The van der Waals surface area contributed by atoms with Crippen molar-refractivity contribution in [2.24, 2.45) is 5.92 Å². The van der Waals surface area contributed by atoms with Crippen LogP contribution < -0.4 is 4.74 Å². The summed E-state index contributed by atoms with van der Waals surface area (Å²) in [6.45, 7) is 0.665. The molecule has 1 saturated carbocycles. The highest BCUT2D eigenvalue weighted by atomic mass is 16.5. The van der Waals surface area contributed by atoms with Crippen LogP contribution in [0.2, 0.25) is 0 Å². The van der Waals surface area contributed by atoms with Gasteiger partial charge in [0.15, 0.2) is 11.5 Å². The molecule has 0 bridgehead atoms. The van der Waals surface area contributed by atoms with E-state index in [2.05, 4.69) is 0 Å². The highest BCUT2D eigenvalue weighted by Gasteiger charge is 2.14. The minimum atomic E-state index is 0.0100. The molecule has 0 unspecified atom stereocenters. The van der Waals surface area contributed by atoms with Crippen LogP contribution in [0.25, 0.3) is 0 Å². The van der Waals surface area contributed by atoms with Crippen LogP contribution in [0.3, 0.4) is 0 Å². The molecule has 0 spiro atoms. The fourth-order valence-electron chi connectivity index (χ4n) is 2.19. The fourth-order valence-corrected chi connectivity index (χ4v) is 2.19. The Kier molecular flexibility index (Phi) is 3.54. The smallest absolute Gasteiger partial charge is 0.161 e. The first-order valence-electron chi connectivity index (χ1n) is 5.90. The number of ether oxygens (including phenoxy) is 1. The van der Waals surface area contributed by atoms with E-state index in [0.717, 1.165) is 0 Å². The molecule has 1 aliphatic rings. The van der Waals surface area contributed by atoms with Gasteiger partial charge in [-0.2, -0.15) is 0 Å². The standard InChI is InChI=1S/C13H18O3/c14-11-6-7-13(12(15)8-11)16-9-10-4-2-1-3-5-10/h6-8,10,14-15H,1-5,9H2. The summed E-state index contributed by atoms with van der Waals surface area (Å²) in [4.78, 5) is 0. The third-order valence-corrected chi connectivity index (χ3v) is 3.14. The monoisotopic (exact) mass is 222 g/mol. The Bertz CT molecular complexity index is 343. The molecule has 0 atom stereocenters. The maximum Gasteiger partial charge on any atom is 0.161 e. The summed E-state index contributed by atoms with van der Waals surface area (Å²) in [7, 11) is 0. The molecule has 3 nitrogen and oxygen atoms in total. The quantitative estimate of drug-likeness (QED) is 0.826.